The van der Waals surface area contributed by atoms with E-state index in [0.29, 0.717) is 30.4 Å². The summed E-state index contributed by atoms with van der Waals surface area (Å²) in [5.41, 5.74) is 0.777. The Morgan fingerprint density at radius 3 is 2.29 bits per heavy atom. The topological polar surface area (TPSA) is 97.5 Å². The van der Waals surface area contributed by atoms with E-state index < -0.39 is 29.6 Å². The van der Waals surface area contributed by atoms with E-state index in [4.69, 9.17) is 14.2 Å². The van der Waals surface area contributed by atoms with Crippen LogP contribution in [-0.4, -0.2) is 72.8 Å². The van der Waals surface area contributed by atoms with E-state index in [1.807, 2.05) is 24.3 Å². The molecule has 1 saturated heterocycles. The molecule has 1 aromatic carbocycles. The van der Waals surface area contributed by atoms with E-state index in [1.165, 1.54) is 20.3 Å². The summed E-state index contributed by atoms with van der Waals surface area (Å²) in [6, 6.07) is 9.00. The van der Waals surface area contributed by atoms with Crippen molar-refractivity contribution in [2.75, 3.05) is 14.1 Å². The van der Waals surface area contributed by atoms with Crippen molar-refractivity contribution >= 4 is 17.8 Å². The van der Waals surface area contributed by atoms with Gasteiger partial charge in [0.1, 0.15) is 17.8 Å². The zero-order valence-corrected chi connectivity index (χ0v) is 28.5. The molecule has 1 aliphatic heterocycles. The molecular formula is C37H52N2O6. The fourth-order valence-electron chi connectivity index (χ4n) is 10.8. The molecule has 1 amide bonds. The van der Waals surface area contributed by atoms with Gasteiger partial charge in [-0.3, -0.25) is 14.4 Å². The Hall–Kier alpha value is -2.71. The van der Waals surface area contributed by atoms with Crippen LogP contribution in [0, 0.1) is 34.0 Å². The third kappa shape index (κ3) is 4.97. The van der Waals surface area contributed by atoms with Crippen LogP contribution in [0.2, 0.25) is 0 Å². The first-order chi connectivity index (χ1) is 21.0. The van der Waals surface area contributed by atoms with Crippen LogP contribution < -0.4 is 5.32 Å². The van der Waals surface area contributed by atoms with E-state index >= 15 is 0 Å². The molecule has 6 rings (SSSR count). The number of fused-ring (bicyclic) bond motifs is 3. The van der Waals surface area contributed by atoms with Crippen molar-refractivity contribution in [3.05, 3.63) is 47.5 Å². The normalized spacial score (nSPS) is 41.6. The molecule has 246 valence electrons. The summed E-state index contributed by atoms with van der Waals surface area (Å²) in [5, 5.41) is 3.23. The molecule has 8 heteroatoms. The van der Waals surface area contributed by atoms with Crippen molar-refractivity contribution < 1.29 is 28.6 Å². The molecule has 0 radical (unpaired) electrons. The number of benzene rings is 1. The van der Waals surface area contributed by atoms with Gasteiger partial charge in [-0.05, 0) is 87.1 Å². The lowest BCUT2D eigenvalue weighted by Crippen LogP contribution is -2.60. The maximum absolute atomic E-state index is 13.5. The second-order valence-corrected chi connectivity index (χ2v) is 16.0. The Bertz CT molecular complexity index is 1390. The number of rotatable bonds is 6. The molecular weight excluding hydrogens is 568 g/mol. The molecule has 0 unspecified atom stereocenters. The highest BCUT2D eigenvalue weighted by Gasteiger charge is 2.77. The molecule has 0 aromatic heterocycles. The Balaban J connectivity index is 1.43. The van der Waals surface area contributed by atoms with Gasteiger partial charge in [0.05, 0.1) is 12.1 Å². The lowest BCUT2D eigenvalue weighted by Gasteiger charge is -2.55. The van der Waals surface area contributed by atoms with Crippen LogP contribution in [0.4, 0.5) is 0 Å². The first-order valence-corrected chi connectivity index (χ1v) is 16.8. The van der Waals surface area contributed by atoms with Crippen molar-refractivity contribution in [1.82, 2.24) is 10.2 Å². The van der Waals surface area contributed by atoms with Gasteiger partial charge in [-0.1, -0.05) is 51.5 Å². The monoisotopic (exact) mass is 620 g/mol. The zero-order chi connectivity index (χ0) is 32.7. The van der Waals surface area contributed by atoms with Gasteiger partial charge in [0, 0.05) is 43.7 Å². The third-order valence-electron chi connectivity index (χ3n) is 13.3. The molecule has 1 aromatic rings. The zero-order valence-electron chi connectivity index (χ0n) is 28.5. The molecule has 4 aliphatic carbocycles. The maximum Gasteiger partial charge on any atom is 0.303 e. The average Bonchev–Trinajstić information content (AvgIpc) is 3.59. The summed E-state index contributed by atoms with van der Waals surface area (Å²) in [6.45, 7) is 14.4. The molecule has 3 saturated carbocycles. The van der Waals surface area contributed by atoms with E-state index in [2.05, 4.69) is 58.9 Å². The SMILES string of the molecule is CC(=O)O[C@H]1C[C@@H]2[C@@]3(CC4=C[C@@H](OC(C)=O)[C@H](NC(=O)c5ccccc5)C(C)(C)[C@@H]41)O[C@H]3C[C@]1(C)[C@@H]([C@H](C)N(C)C)CC[C@@]21C. The highest BCUT2D eigenvalue weighted by atomic mass is 16.6. The van der Waals surface area contributed by atoms with Crippen molar-refractivity contribution in [2.45, 2.75) is 117 Å². The Kier molecular flexibility index (Phi) is 7.83. The van der Waals surface area contributed by atoms with Crippen LogP contribution in [0.1, 0.15) is 90.9 Å². The minimum atomic E-state index is -0.666. The van der Waals surface area contributed by atoms with Gasteiger partial charge in [-0.25, -0.2) is 0 Å². The van der Waals surface area contributed by atoms with Gasteiger partial charge < -0.3 is 24.4 Å². The largest absolute Gasteiger partial charge is 0.462 e. The highest BCUT2D eigenvalue weighted by molar-refractivity contribution is 5.94. The summed E-state index contributed by atoms with van der Waals surface area (Å²) < 4.78 is 19.1. The van der Waals surface area contributed by atoms with Crippen molar-refractivity contribution in [2.24, 2.45) is 34.0 Å². The first-order valence-electron chi connectivity index (χ1n) is 16.8. The Labute approximate surface area is 268 Å². The van der Waals surface area contributed by atoms with Gasteiger partial charge in [-0.2, -0.15) is 0 Å². The Morgan fingerprint density at radius 2 is 1.67 bits per heavy atom. The fraction of sp³-hybridized carbons (Fsp3) is 0.703. The van der Waals surface area contributed by atoms with Crippen LogP contribution in [0.15, 0.2) is 42.0 Å². The maximum atomic E-state index is 13.5. The standard InChI is InChI=1S/C37H52N2O6/c1-21(39(8)9)26-15-16-35(6)29-18-27(43-22(2)40)31-25(19-37(29)30(45-37)20-36(26,35)7)17-28(44-23(3)41)32(34(31,4)5)38-33(42)24-13-11-10-12-14-24/h10-14,17,21,26-32H,15-16,18-20H2,1-9H3,(H,38,42)/t21-,26+,27-,28+,29-,30-,31-,32-,35-,36+,37+/m0/s1. The van der Waals surface area contributed by atoms with Gasteiger partial charge in [0.25, 0.3) is 5.91 Å². The smallest absolute Gasteiger partial charge is 0.303 e. The fourth-order valence-corrected chi connectivity index (χ4v) is 10.8. The molecule has 45 heavy (non-hydrogen) atoms. The van der Waals surface area contributed by atoms with E-state index in [1.54, 1.807) is 12.1 Å². The summed E-state index contributed by atoms with van der Waals surface area (Å²) in [6.07, 6.45) is 5.83. The number of epoxide rings is 1. The van der Waals surface area contributed by atoms with Crippen LogP contribution in [-0.2, 0) is 23.8 Å². The van der Waals surface area contributed by atoms with Crippen LogP contribution in [0.5, 0.6) is 0 Å². The second-order valence-electron chi connectivity index (χ2n) is 16.0. The minimum absolute atomic E-state index is 0.00173. The number of carbonyl (C=O) groups is 3. The predicted molar refractivity (Wildman–Crippen MR) is 171 cm³/mol. The van der Waals surface area contributed by atoms with Crippen LogP contribution in [0.3, 0.4) is 0 Å². The van der Waals surface area contributed by atoms with E-state index in [0.717, 1.165) is 18.4 Å². The van der Waals surface area contributed by atoms with Crippen LogP contribution >= 0.6 is 0 Å². The Morgan fingerprint density at radius 1 is 1.00 bits per heavy atom. The van der Waals surface area contributed by atoms with Crippen molar-refractivity contribution in [3.63, 3.8) is 0 Å². The summed E-state index contributed by atoms with van der Waals surface area (Å²) in [5.74, 6) is -0.385. The molecule has 1 spiro atoms. The summed E-state index contributed by atoms with van der Waals surface area (Å²) >= 11 is 0. The number of carbonyl (C=O) groups excluding carboxylic acids is 3. The predicted octanol–water partition coefficient (Wildman–Crippen LogP) is 5.55. The first kappa shape index (κ1) is 32.2. The lowest BCUT2D eigenvalue weighted by molar-refractivity contribution is -0.157. The van der Waals surface area contributed by atoms with Crippen LogP contribution in [0.25, 0.3) is 0 Å². The molecule has 1 heterocycles. The number of hydrogen-bond donors (Lipinski definition) is 1. The number of nitrogens with zero attached hydrogens (tertiary/aromatic N) is 1. The molecule has 4 fully saturated rings. The molecule has 0 bridgehead atoms. The minimum Gasteiger partial charge on any atom is -0.462 e. The van der Waals surface area contributed by atoms with Crippen molar-refractivity contribution in [3.8, 4) is 0 Å². The number of hydrogen-bond acceptors (Lipinski definition) is 7. The molecule has 8 nitrogen and oxygen atoms in total. The quantitative estimate of drug-likeness (QED) is 0.253. The molecule has 1 N–H and O–H groups in total. The lowest BCUT2D eigenvalue weighted by atomic mass is 9.48. The van der Waals surface area contributed by atoms with Gasteiger partial charge in [0.2, 0.25) is 0 Å². The molecule has 11 atom stereocenters. The van der Waals surface area contributed by atoms with Crippen molar-refractivity contribution in [1.29, 1.82) is 0 Å². The average molecular weight is 621 g/mol. The third-order valence-corrected chi connectivity index (χ3v) is 13.3. The number of esters is 2. The van der Waals surface area contributed by atoms with E-state index in [9.17, 15) is 14.4 Å². The highest BCUT2D eigenvalue weighted by Crippen LogP contribution is 2.76. The van der Waals surface area contributed by atoms with Gasteiger partial charge >= 0.3 is 11.9 Å². The van der Waals surface area contributed by atoms with Gasteiger partial charge in [-0.15, -0.1) is 0 Å². The number of nitrogens with one attached hydrogen (secondary N) is 1. The van der Waals surface area contributed by atoms with Gasteiger partial charge in [0.15, 0.2) is 0 Å². The number of ether oxygens (including phenoxy) is 3. The number of amides is 1. The summed E-state index contributed by atoms with van der Waals surface area (Å²) in [7, 11) is 4.36. The van der Waals surface area contributed by atoms with E-state index in [-0.39, 0.29) is 46.2 Å². The second kappa shape index (κ2) is 10.9. The molecule has 5 aliphatic rings. The summed E-state index contributed by atoms with van der Waals surface area (Å²) in [4.78, 5) is 41.1.